The van der Waals surface area contributed by atoms with E-state index in [4.69, 9.17) is 10.2 Å². The van der Waals surface area contributed by atoms with E-state index >= 15 is 0 Å². The summed E-state index contributed by atoms with van der Waals surface area (Å²) in [6.07, 6.45) is -2.73. The van der Waals surface area contributed by atoms with Gasteiger partial charge in [-0.25, -0.2) is 0 Å². The van der Waals surface area contributed by atoms with Crippen LogP contribution >= 0.6 is 11.6 Å². The number of carboxylic acid groups (broad SMARTS) is 2. The smallest absolute Gasteiger partial charge is 0.547 e. The van der Waals surface area contributed by atoms with Crippen LogP contribution in [-0.4, -0.2) is 33.3 Å². The van der Waals surface area contributed by atoms with Crippen LogP contribution in [0.1, 0.15) is 0 Å². The molecule has 0 fully saturated rings. The molecule has 0 amide bonds. The van der Waals surface area contributed by atoms with Crippen molar-refractivity contribution in [1.82, 2.24) is 0 Å². The monoisotopic (exact) mass is 228 g/mol. The van der Waals surface area contributed by atoms with Gasteiger partial charge in [0.2, 0.25) is 5.06 Å². The van der Waals surface area contributed by atoms with E-state index in [0.717, 1.165) is 0 Å². The number of carboxylic acids is 2. The Bertz CT molecular complexity index is 195. The third kappa shape index (κ3) is 5.56. The predicted octanol–water partition coefficient (Wildman–Crippen LogP) is -10.2. The Balaban J connectivity index is -0.000000500. The van der Waals surface area contributed by atoms with Crippen LogP contribution in [-0.2, 0) is 9.59 Å². The first-order valence-corrected chi connectivity index (χ1v) is 2.69. The number of carbonyl (C=O) groups excluding carboxylic acids is 2. The minimum Gasteiger partial charge on any atom is -0.547 e. The number of alkyl halides is 1. The van der Waals surface area contributed by atoms with E-state index in [2.05, 4.69) is 11.6 Å². The summed E-state index contributed by atoms with van der Waals surface area (Å²) in [7, 11) is 0. The van der Waals surface area contributed by atoms with Gasteiger partial charge in [-0.05, 0) is 0 Å². The third-order valence-electron chi connectivity index (χ3n) is 0.872. The number of hydrogen-bond donors (Lipinski definition) is 2. The van der Waals surface area contributed by atoms with Crippen LogP contribution < -0.4 is 69.3 Å². The summed E-state index contributed by atoms with van der Waals surface area (Å²) >= 11 is 4.64. The fourth-order valence-electron chi connectivity index (χ4n) is 0.268. The molecule has 13 heavy (non-hydrogen) atoms. The Hall–Kier alpha value is 1.15. The van der Waals surface area contributed by atoms with Crippen molar-refractivity contribution in [2.24, 2.45) is 0 Å². The van der Waals surface area contributed by atoms with Gasteiger partial charge < -0.3 is 30.0 Å². The second-order valence-corrected chi connectivity index (χ2v) is 2.26. The summed E-state index contributed by atoms with van der Waals surface area (Å²) < 4.78 is 0. The van der Waals surface area contributed by atoms with Gasteiger partial charge in [0, 0.05) is 0 Å². The van der Waals surface area contributed by atoms with Crippen molar-refractivity contribution in [3.05, 3.63) is 0 Å². The summed E-state index contributed by atoms with van der Waals surface area (Å²) in [5.74, 6) is -4.51. The molecule has 0 aliphatic carbocycles. The minimum atomic E-state index is -3.35. The maximum atomic E-state index is 9.82. The number of rotatable bonds is 3. The fraction of sp³-hybridized carbons (Fsp3) is 0.500. The molecule has 2 N–H and O–H groups in total. The Morgan fingerprint density at radius 1 is 1.31 bits per heavy atom. The number of carbonyl (C=O) groups is 2. The Morgan fingerprint density at radius 3 is 1.69 bits per heavy atom. The maximum absolute atomic E-state index is 9.82. The van der Waals surface area contributed by atoms with E-state index in [1.54, 1.807) is 0 Å². The zero-order valence-electron chi connectivity index (χ0n) is 6.98. The van der Waals surface area contributed by atoms with Crippen molar-refractivity contribution in [3.8, 4) is 0 Å². The molecule has 9 heteroatoms. The molecule has 6 nitrogen and oxygen atoms in total. The zero-order chi connectivity index (χ0) is 9.23. The maximum Gasteiger partial charge on any atom is 1.00 e. The fourth-order valence-corrected chi connectivity index (χ4v) is 0.357. The van der Waals surface area contributed by atoms with Gasteiger partial charge in [0.15, 0.2) is 0 Å². The molecule has 0 rings (SSSR count). The van der Waals surface area contributed by atoms with Crippen LogP contribution in [0, 0.1) is 0 Å². The second-order valence-electron chi connectivity index (χ2n) is 1.68. The first kappa shape index (κ1) is 19.7. The van der Waals surface area contributed by atoms with Crippen LogP contribution in [0.3, 0.4) is 0 Å². The van der Waals surface area contributed by atoms with Crippen LogP contribution in [0.25, 0.3) is 0 Å². The SMILES string of the molecule is O=C([O-])C(O)C(O)(Cl)C(=O)[O-].[Na+].[Na+]. The summed E-state index contributed by atoms with van der Waals surface area (Å²) in [6, 6.07) is 0. The van der Waals surface area contributed by atoms with Crippen molar-refractivity contribution in [2.45, 2.75) is 11.2 Å². The molecule has 0 saturated heterocycles. The van der Waals surface area contributed by atoms with Gasteiger partial charge in [0.05, 0.1) is 11.9 Å². The molecular weight excluding hydrogens is 225 g/mol. The van der Waals surface area contributed by atoms with Gasteiger partial charge in [-0.1, -0.05) is 11.6 Å². The molecule has 0 aromatic carbocycles. The van der Waals surface area contributed by atoms with E-state index in [0.29, 0.717) is 0 Å². The molecule has 0 bridgehead atoms. The van der Waals surface area contributed by atoms with Crippen molar-refractivity contribution in [2.75, 3.05) is 0 Å². The number of halogens is 1. The van der Waals surface area contributed by atoms with E-state index in [1.165, 1.54) is 0 Å². The largest absolute Gasteiger partial charge is 1.00 e. The average Bonchev–Trinajstić information content (AvgIpc) is 1.85. The standard InChI is InChI=1S/C4H5ClO6.2Na/c5-4(11,3(9)10)1(6)2(7)8;;/h1,6,11H,(H,7,8)(H,9,10);;/q;2*+1/p-2. The number of aliphatic hydroxyl groups is 2. The molecule has 0 aromatic rings. The summed E-state index contributed by atoms with van der Waals surface area (Å²) in [5, 5.41) is 33.1. The molecule has 0 aliphatic rings. The first-order chi connectivity index (χ1) is 4.80. The number of aliphatic carboxylic acids is 2. The number of hydrogen-bond acceptors (Lipinski definition) is 6. The van der Waals surface area contributed by atoms with E-state index in [1.807, 2.05) is 0 Å². The van der Waals surface area contributed by atoms with Gasteiger partial charge >= 0.3 is 59.1 Å². The summed E-state index contributed by atoms with van der Waals surface area (Å²) in [5.41, 5.74) is 0. The Labute approximate surface area is 122 Å². The second kappa shape index (κ2) is 7.44. The van der Waals surface area contributed by atoms with E-state index in [9.17, 15) is 19.8 Å². The molecule has 2 unspecified atom stereocenters. The molecule has 0 aliphatic heterocycles. The topological polar surface area (TPSA) is 121 Å². The van der Waals surface area contributed by atoms with E-state index in [-0.39, 0.29) is 59.1 Å². The number of aliphatic hydroxyl groups excluding tert-OH is 1. The van der Waals surface area contributed by atoms with E-state index < -0.39 is 23.1 Å². The zero-order valence-corrected chi connectivity index (χ0v) is 11.7. The van der Waals surface area contributed by atoms with Crippen molar-refractivity contribution in [1.29, 1.82) is 0 Å². The van der Waals surface area contributed by atoms with Crippen molar-refractivity contribution < 1.29 is 89.1 Å². The third-order valence-corrected chi connectivity index (χ3v) is 1.23. The summed E-state index contributed by atoms with van der Waals surface area (Å²) in [6.45, 7) is 0. The van der Waals surface area contributed by atoms with Gasteiger partial charge in [0.25, 0.3) is 0 Å². The Kier molecular flexibility index (Phi) is 11.3. The molecule has 0 saturated carbocycles. The average molecular weight is 228 g/mol. The van der Waals surface area contributed by atoms with Crippen LogP contribution in [0.15, 0.2) is 0 Å². The molecule has 0 heterocycles. The quantitative estimate of drug-likeness (QED) is 0.365. The van der Waals surface area contributed by atoms with Gasteiger partial charge in [-0.3, -0.25) is 0 Å². The molecule has 0 aromatic heterocycles. The van der Waals surface area contributed by atoms with Gasteiger partial charge in [-0.2, -0.15) is 0 Å². The Morgan fingerprint density at radius 2 is 1.62 bits per heavy atom. The van der Waals surface area contributed by atoms with Crippen molar-refractivity contribution in [3.63, 3.8) is 0 Å². The van der Waals surface area contributed by atoms with Crippen molar-refractivity contribution >= 4 is 23.5 Å². The molecule has 2 atom stereocenters. The van der Waals surface area contributed by atoms with Crippen LogP contribution in [0.2, 0.25) is 0 Å². The molecule has 0 spiro atoms. The van der Waals surface area contributed by atoms with Crippen LogP contribution in [0.5, 0.6) is 0 Å². The first-order valence-electron chi connectivity index (χ1n) is 2.31. The normalized spacial score (nSPS) is 15.6. The van der Waals surface area contributed by atoms with Gasteiger partial charge in [0.1, 0.15) is 6.10 Å². The molecule has 64 valence electrons. The molecule has 0 radical (unpaired) electrons. The molecular formula is C4H3ClNa2O6. The summed E-state index contributed by atoms with van der Waals surface area (Å²) in [4.78, 5) is 19.6. The predicted molar refractivity (Wildman–Crippen MR) is 26.8 cm³/mol. The minimum absolute atomic E-state index is 0. The van der Waals surface area contributed by atoms with Crippen LogP contribution in [0.4, 0.5) is 0 Å². The van der Waals surface area contributed by atoms with Gasteiger partial charge in [-0.15, -0.1) is 0 Å².